The Kier molecular flexibility index (Phi) is 3.57. The third kappa shape index (κ3) is 3.07. The van der Waals surface area contributed by atoms with Gasteiger partial charge in [0.2, 0.25) is 5.56 Å². The molecule has 2 rings (SSSR count). The minimum absolute atomic E-state index is 0.259. The van der Waals surface area contributed by atoms with Crippen molar-refractivity contribution in [1.82, 2.24) is 20.1 Å². The van der Waals surface area contributed by atoms with Gasteiger partial charge >= 0.3 is 0 Å². The van der Waals surface area contributed by atoms with Crippen molar-refractivity contribution in [1.29, 1.82) is 0 Å². The molecular weight excluding hydrogens is 232 g/mol. The van der Waals surface area contributed by atoms with Gasteiger partial charge in [0, 0.05) is 30.6 Å². The van der Waals surface area contributed by atoms with Crippen LogP contribution in [0.1, 0.15) is 15.9 Å². The van der Waals surface area contributed by atoms with Crippen LogP contribution in [0.25, 0.3) is 0 Å². The molecule has 0 unspecified atom stereocenters. The first kappa shape index (κ1) is 12.1. The molecule has 0 bridgehead atoms. The fraction of sp³-hybridized carbons (Fsp3) is 0.250. The second-order valence-electron chi connectivity index (χ2n) is 3.98. The normalized spacial score (nSPS) is 10.3. The molecule has 2 aromatic heterocycles. The van der Waals surface area contributed by atoms with Gasteiger partial charge in [-0.1, -0.05) is 0 Å². The Hall–Kier alpha value is -2.37. The number of rotatable bonds is 4. The zero-order chi connectivity index (χ0) is 13.0. The Morgan fingerprint density at radius 3 is 3.06 bits per heavy atom. The first-order valence-corrected chi connectivity index (χ1v) is 5.61. The third-order valence-corrected chi connectivity index (χ3v) is 2.43. The van der Waals surface area contributed by atoms with Crippen LogP contribution in [0.15, 0.2) is 35.5 Å². The van der Waals surface area contributed by atoms with Crippen molar-refractivity contribution < 1.29 is 4.79 Å². The van der Waals surface area contributed by atoms with Crippen LogP contribution in [-0.4, -0.2) is 27.2 Å². The van der Waals surface area contributed by atoms with Crippen molar-refractivity contribution in [3.63, 3.8) is 0 Å². The molecule has 0 aliphatic rings. The summed E-state index contributed by atoms with van der Waals surface area (Å²) in [7, 11) is 0. The molecule has 6 heteroatoms. The summed E-state index contributed by atoms with van der Waals surface area (Å²) in [6.45, 7) is 3.02. The van der Waals surface area contributed by atoms with Gasteiger partial charge in [0.25, 0.3) is 5.91 Å². The van der Waals surface area contributed by atoms with Gasteiger partial charge in [-0.05, 0) is 18.6 Å². The molecule has 0 saturated heterocycles. The number of carbonyl (C=O) groups is 1. The SMILES string of the molecule is Cc1cnn(CCNC(=O)c2cc[nH]c(=O)c2)c1. The Labute approximate surface area is 104 Å². The van der Waals surface area contributed by atoms with Crippen LogP contribution in [0.4, 0.5) is 0 Å². The minimum atomic E-state index is -0.287. The fourth-order valence-corrected chi connectivity index (χ4v) is 1.56. The van der Waals surface area contributed by atoms with Crippen LogP contribution in [0.5, 0.6) is 0 Å². The average molecular weight is 246 g/mol. The lowest BCUT2D eigenvalue weighted by atomic mass is 10.2. The first-order valence-electron chi connectivity index (χ1n) is 5.61. The highest BCUT2D eigenvalue weighted by Crippen LogP contribution is 1.94. The number of aromatic amines is 1. The van der Waals surface area contributed by atoms with Gasteiger partial charge < -0.3 is 10.3 Å². The van der Waals surface area contributed by atoms with E-state index in [2.05, 4.69) is 15.4 Å². The Bertz CT molecular complexity index is 600. The topological polar surface area (TPSA) is 79.8 Å². The molecule has 2 N–H and O–H groups in total. The number of nitrogens with one attached hydrogen (secondary N) is 2. The predicted octanol–water partition coefficient (Wildman–Crippen LogP) is 0.310. The molecule has 1 amide bonds. The lowest BCUT2D eigenvalue weighted by Gasteiger charge is -2.04. The van der Waals surface area contributed by atoms with Crippen LogP contribution in [0.3, 0.4) is 0 Å². The Morgan fingerprint density at radius 1 is 1.56 bits per heavy atom. The quantitative estimate of drug-likeness (QED) is 0.814. The van der Waals surface area contributed by atoms with E-state index < -0.39 is 0 Å². The number of carbonyl (C=O) groups excluding carboxylic acids is 1. The van der Waals surface area contributed by atoms with E-state index in [1.807, 2.05) is 13.1 Å². The molecule has 18 heavy (non-hydrogen) atoms. The van der Waals surface area contributed by atoms with E-state index in [1.54, 1.807) is 16.9 Å². The van der Waals surface area contributed by atoms with Crippen LogP contribution < -0.4 is 10.9 Å². The van der Waals surface area contributed by atoms with Crippen LogP contribution in [0, 0.1) is 6.92 Å². The summed E-state index contributed by atoms with van der Waals surface area (Å²) in [5.74, 6) is -0.259. The summed E-state index contributed by atoms with van der Waals surface area (Å²) < 4.78 is 1.76. The lowest BCUT2D eigenvalue weighted by Crippen LogP contribution is -2.28. The standard InChI is InChI=1S/C12H14N4O2/c1-9-7-15-16(8-9)5-4-14-12(18)10-2-3-13-11(17)6-10/h2-3,6-8H,4-5H2,1H3,(H,13,17)(H,14,18). The van der Waals surface area contributed by atoms with Gasteiger partial charge in [-0.2, -0.15) is 5.10 Å². The number of amides is 1. The van der Waals surface area contributed by atoms with Crippen LogP contribution in [0.2, 0.25) is 0 Å². The van der Waals surface area contributed by atoms with Gasteiger partial charge in [-0.3, -0.25) is 14.3 Å². The molecule has 0 aliphatic heterocycles. The maximum absolute atomic E-state index is 11.7. The second-order valence-corrected chi connectivity index (χ2v) is 3.98. The summed E-state index contributed by atoms with van der Waals surface area (Å²) in [6.07, 6.45) is 5.12. The van der Waals surface area contributed by atoms with E-state index in [4.69, 9.17) is 0 Å². The maximum Gasteiger partial charge on any atom is 0.251 e. The number of pyridine rings is 1. The van der Waals surface area contributed by atoms with Gasteiger partial charge in [-0.15, -0.1) is 0 Å². The molecule has 2 heterocycles. The van der Waals surface area contributed by atoms with E-state index in [0.29, 0.717) is 18.7 Å². The van der Waals surface area contributed by atoms with E-state index in [0.717, 1.165) is 5.56 Å². The van der Waals surface area contributed by atoms with Crippen molar-refractivity contribution in [2.45, 2.75) is 13.5 Å². The maximum atomic E-state index is 11.7. The van der Waals surface area contributed by atoms with E-state index in [1.165, 1.54) is 12.3 Å². The Balaban J connectivity index is 1.87. The molecule has 0 saturated carbocycles. The first-order chi connectivity index (χ1) is 8.65. The number of nitrogens with zero attached hydrogens (tertiary/aromatic N) is 2. The van der Waals surface area contributed by atoms with Crippen molar-refractivity contribution >= 4 is 5.91 Å². The molecule has 94 valence electrons. The number of aromatic nitrogens is 3. The highest BCUT2D eigenvalue weighted by Gasteiger charge is 2.04. The third-order valence-electron chi connectivity index (χ3n) is 2.43. The number of H-pyrrole nitrogens is 1. The molecule has 0 radical (unpaired) electrons. The highest BCUT2D eigenvalue weighted by molar-refractivity contribution is 5.93. The van der Waals surface area contributed by atoms with E-state index >= 15 is 0 Å². The van der Waals surface area contributed by atoms with Crippen molar-refractivity contribution in [3.8, 4) is 0 Å². The van der Waals surface area contributed by atoms with Gasteiger partial charge in [0.15, 0.2) is 0 Å². The Morgan fingerprint density at radius 2 is 2.39 bits per heavy atom. The monoisotopic (exact) mass is 246 g/mol. The number of hydrogen-bond acceptors (Lipinski definition) is 3. The molecule has 0 spiro atoms. The number of aryl methyl sites for hydroxylation is 1. The van der Waals surface area contributed by atoms with Crippen molar-refractivity contribution in [2.75, 3.05) is 6.54 Å². The summed E-state index contributed by atoms with van der Waals surface area (Å²) >= 11 is 0. The van der Waals surface area contributed by atoms with Crippen LogP contribution in [-0.2, 0) is 6.54 Å². The predicted molar refractivity (Wildman–Crippen MR) is 66.4 cm³/mol. The highest BCUT2D eigenvalue weighted by atomic mass is 16.2. The summed E-state index contributed by atoms with van der Waals surface area (Å²) in [5, 5.41) is 6.84. The lowest BCUT2D eigenvalue weighted by molar-refractivity contribution is 0.0951. The van der Waals surface area contributed by atoms with Gasteiger partial charge in [0.1, 0.15) is 0 Å². The minimum Gasteiger partial charge on any atom is -0.350 e. The molecule has 2 aromatic rings. The molecule has 0 aromatic carbocycles. The average Bonchev–Trinajstić information content (AvgIpc) is 2.75. The molecule has 0 aliphatic carbocycles. The summed E-state index contributed by atoms with van der Waals surface area (Å²) in [6, 6.07) is 2.84. The zero-order valence-corrected chi connectivity index (χ0v) is 10.0. The van der Waals surface area contributed by atoms with Gasteiger partial charge in [-0.25, -0.2) is 0 Å². The second kappa shape index (κ2) is 5.31. The molecular formula is C12H14N4O2. The smallest absolute Gasteiger partial charge is 0.251 e. The van der Waals surface area contributed by atoms with Crippen molar-refractivity contribution in [3.05, 3.63) is 52.2 Å². The summed E-state index contributed by atoms with van der Waals surface area (Å²) in [4.78, 5) is 25.2. The number of hydrogen-bond donors (Lipinski definition) is 2. The summed E-state index contributed by atoms with van der Waals surface area (Å²) in [5.41, 5.74) is 1.15. The van der Waals surface area contributed by atoms with E-state index in [9.17, 15) is 9.59 Å². The van der Waals surface area contributed by atoms with E-state index in [-0.39, 0.29) is 11.5 Å². The molecule has 0 fully saturated rings. The zero-order valence-electron chi connectivity index (χ0n) is 10.0. The molecule has 0 atom stereocenters. The molecule has 6 nitrogen and oxygen atoms in total. The largest absolute Gasteiger partial charge is 0.350 e. The van der Waals surface area contributed by atoms with Crippen molar-refractivity contribution in [2.24, 2.45) is 0 Å². The fourth-order valence-electron chi connectivity index (χ4n) is 1.56. The van der Waals surface area contributed by atoms with Crippen LogP contribution >= 0.6 is 0 Å². The van der Waals surface area contributed by atoms with Gasteiger partial charge in [0.05, 0.1) is 12.7 Å².